The molecule has 29 heterocycles. The van der Waals surface area contributed by atoms with Crippen LogP contribution in [-0.2, 0) is 0 Å². The highest BCUT2D eigenvalue weighted by molar-refractivity contribution is 5.97. The van der Waals surface area contributed by atoms with Gasteiger partial charge in [-0.3, -0.25) is 176 Å². The summed E-state index contributed by atoms with van der Waals surface area (Å²) in [6, 6.07) is -16.1. The first kappa shape index (κ1) is 62.8. The minimum atomic E-state index is -1.35. The Hall–Kier alpha value is -14.6. The second-order valence-corrected chi connectivity index (χ2v) is 34.2. The lowest BCUT2D eigenvalue weighted by atomic mass is 10.3. The molecule has 118 heavy (non-hydrogen) atoms. The van der Waals surface area contributed by atoms with E-state index in [4.69, 9.17) is 0 Å². The summed E-state index contributed by atoms with van der Waals surface area (Å²) in [5, 5.41) is 11.3. The van der Waals surface area contributed by atoms with Gasteiger partial charge in [0, 0.05) is 0 Å². The van der Waals surface area contributed by atoms with Gasteiger partial charge < -0.3 is 21.3 Å². The number of amides is 40. The molecule has 0 aromatic heterocycles. The van der Waals surface area contributed by atoms with Crippen molar-refractivity contribution in [2.24, 2.45) is 0 Å². The van der Waals surface area contributed by atoms with E-state index in [1.807, 2.05) is 0 Å². The number of urea groups is 20. The molecule has 60 heteroatoms. The van der Waals surface area contributed by atoms with Crippen molar-refractivity contribution in [2.75, 3.05) is 120 Å². The van der Waals surface area contributed by atoms with E-state index in [9.17, 15) is 19.2 Å². The van der Waals surface area contributed by atoms with Crippen LogP contribution in [0.1, 0.15) is 0 Å². The molecule has 29 fully saturated rings. The number of hydrogen-bond acceptors (Lipinski definition) is 20. The Morgan fingerprint density at radius 3 is 0.322 bits per heavy atom. The Morgan fingerprint density at radius 1 is 0.119 bits per heavy atom. The topological polar surface area (TPSA) is 506 Å². The third kappa shape index (κ3) is 6.34. The molecular weight excluding hydrogens is 1580 g/mol. The lowest BCUT2D eigenvalue weighted by molar-refractivity contribution is -0.0175. The molecule has 0 radical (unpaired) electrons. The molecule has 20 unspecified atom stereocenters. The largest absolute Gasteiger partial charge is 0.326 e. The smallest absolute Gasteiger partial charge is 0.314 e. The molecule has 40 amide bonds. The van der Waals surface area contributed by atoms with Crippen molar-refractivity contribution in [1.29, 1.82) is 0 Å². The first-order valence-electron chi connectivity index (χ1n) is 38.3. The van der Waals surface area contributed by atoms with Crippen molar-refractivity contribution in [1.82, 2.24) is 198 Å². The molecule has 20 atom stereocenters. The van der Waals surface area contributed by atoms with E-state index in [0.717, 1.165) is 19.6 Å². The Balaban J connectivity index is 0.547. The highest BCUT2D eigenvalue weighted by Crippen LogP contribution is 2.53. The fraction of sp³-hybridized carbons (Fsp3) is 0.655. The second kappa shape index (κ2) is 19.0. The summed E-state index contributed by atoms with van der Waals surface area (Å²) >= 11 is 0. The summed E-state index contributed by atoms with van der Waals surface area (Å²) in [5.74, 6) is 0. The molecule has 0 spiro atoms. The molecule has 29 saturated heterocycles. The maximum atomic E-state index is 15.7. The van der Waals surface area contributed by atoms with E-state index in [2.05, 4.69) is 21.3 Å². The van der Waals surface area contributed by atoms with Crippen LogP contribution in [-0.4, -0.2) is 540 Å². The van der Waals surface area contributed by atoms with Gasteiger partial charge in [-0.2, -0.15) is 0 Å². The minimum absolute atomic E-state index is 0.582. The molecule has 0 saturated carbocycles. The predicted molar refractivity (Wildman–Crippen MR) is 350 cm³/mol. The third-order valence-corrected chi connectivity index (χ3v) is 29.8. The Labute approximate surface area is 655 Å². The van der Waals surface area contributed by atoms with Crippen LogP contribution in [0.25, 0.3) is 0 Å². The van der Waals surface area contributed by atoms with Crippen molar-refractivity contribution < 1.29 is 95.9 Å². The van der Waals surface area contributed by atoms with Gasteiger partial charge in [-0.05, 0) is 0 Å². The minimum Gasteiger partial charge on any atom is -0.314 e. The number of carbonyl (C=O) groups excluding carboxylic acids is 20. The van der Waals surface area contributed by atoms with Gasteiger partial charge >= 0.3 is 121 Å². The highest BCUT2D eigenvalue weighted by Gasteiger charge is 2.78. The highest BCUT2D eigenvalue weighted by atomic mass is 16.3. The van der Waals surface area contributed by atoms with Gasteiger partial charge in [0.15, 0.2) is 98.7 Å². The molecule has 29 aliphatic rings. The summed E-state index contributed by atoms with van der Waals surface area (Å²) in [6.07, 6.45) is -26.7. The van der Waals surface area contributed by atoms with Crippen LogP contribution in [0.4, 0.5) is 95.9 Å². The number of fused-ring (bicyclic) bond motifs is 8. The van der Waals surface area contributed by atoms with Crippen molar-refractivity contribution in [3.8, 4) is 0 Å². The summed E-state index contributed by atoms with van der Waals surface area (Å²) in [5.41, 5.74) is 0. The number of nitrogens with zero attached hydrogens (tertiary/aromatic N) is 36. The van der Waals surface area contributed by atoms with Crippen LogP contribution in [0.3, 0.4) is 0 Å². The van der Waals surface area contributed by atoms with Crippen LogP contribution >= 0.6 is 0 Å². The Kier molecular flexibility index (Phi) is 10.1. The van der Waals surface area contributed by atoms with E-state index < -0.39 is 364 Å². The average molecular weight is 1640 g/mol. The van der Waals surface area contributed by atoms with Crippen molar-refractivity contribution in [2.45, 2.75) is 123 Å². The van der Waals surface area contributed by atoms with Gasteiger partial charge in [0.05, 0.1) is 0 Å². The predicted octanol–water partition coefficient (Wildman–Crippen LogP) is -10.2. The van der Waals surface area contributed by atoms with Gasteiger partial charge in [-0.25, -0.2) is 95.9 Å². The molecule has 0 aliphatic carbocycles. The van der Waals surface area contributed by atoms with E-state index in [-0.39, 0.29) is 0 Å². The molecule has 0 aromatic rings. The molecule has 612 valence electrons. The molecule has 20 bridgehead atoms. The van der Waals surface area contributed by atoms with Gasteiger partial charge in [0.1, 0.15) is 145 Å². The fourth-order valence-corrected chi connectivity index (χ4v) is 25.0. The molecule has 29 aliphatic heterocycles. The van der Waals surface area contributed by atoms with Crippen molar-refractivity contribution in [3.63, 3.8) is 0 Å². The zero-order chi connectivity index (χ0) is 79.4. The van der Waals surface area contributed by atoms with Crippen LogP contribution in [0, 0.1) is 0 Å². The first-order chi connectivity index (χ1) is 56.8. The lowest BCUT2D eigenvalue weighted by Gasteiger charge is -2.42. The van der Waals surface area contributed by atoms with E-state index in [0.29, 0.717) is 0 Å². The number of hydrogen-bond donors (Lipinski definition) is 4. The zero-order valence-electron chi connectivity index (χ0n) is 60.5. The van der Waals surface area contributed by atoms with Gasteiger partial charge in [0.25, 0.3) is 0 Å². The molecule has 4 N–H and O–H groups in total. The summed E-state index contributed by atoms with van der Waals surface area (Å²) in [6.45, 7) is -11.1. The number of carbonyl (C=O) groups is 20. The second-order valence-electron chi connectivity index (χ2n) is 34.2. The van der Waals surface area contributed by atoms with E-state index in [1.54, 1.807) is 0 Å². The lowest BCUT2D eigenvalue weighted by Crippen LogP contribution is -2.63. The fourth-order valence-electron chi connectivity index (χ4n) is 25.0. The summed E-state index contributed by atoms with van der Waals surface area (Å²) < 4.78 is 0. The van der Waals surface area contributed by atoms with Crippen LogP contribution in [0.15, 0.2) is 0 Å². The monoisotopic (exact) mass is 1640 g/mol. The van der Waals surface area contributed by atoms with Gasteiger partial charge in [-0.15, -0.1) is 0 Å². The average Bonchev–Trinajstić information content (AvgIpc) is 1.51. The van der Waals surface area contributed by atoms with E-state index >= 15 is 76.7 Å². The summed E-state index contributed by atoms with van der Waals surface area (Å²) in [7, 11) is 0. The van der Waals surface area contributed by atoms with Crippen LogP contribution in [0.5, 0.6) is 0 Å². The standard InChI is InChI=1S/C58H60N40O20/c99-39-59-19-23-67(39)3-75-27-31-83(47(75)107)11-91-35-37-93(55(91)115)13-85-33-29-77(49(85)109)5-69-25-21(61-41(69)101)65-2-66-22-26-70(42(102)62-22)6-78-30-34-86(50(78)110)14-94-38-36-92(56(94)116)12-84-32-28-76(48(84)108)4-68-24-20(60-40(68)100)64(44(104)72(24)8-80(28)52(112)88(32)16-96(36)58(118)98(38)18-90(34)54(114)82(30)10-74(26)46(66)106)1-63(19)43(103)71(23)7-79(27)51(111)87(31)15-95(35)57(117)97(37)17-89(33)53(113)81(29)9-73(25)45(65)105/h19-38H,1-18H2,(H,59,99)(H,60,100)(H,61,101)(H,62,102). The van der Waals surface area contributed by atoms with Crippen molar-refractivity contribution >= 4 is 121 Å². The van der Waals surface area contributed by atoms with Crippen molar-refractivity contribution in [3.05, 3.63) is 0 Å². The quantitative estimate of drug-likeness (QED) is 0.175. The molecule has 29 rings (SSSR count). The van der Waals surface area contributed by atoms with Gasteiger partial charge in [-0.1, -0.05) is 0 Å². The molecule has 60 nitrogen and oxygen atoms in total. The van der Waals surface area contributed by atoms with E-state index in [1.165, 1.54) is 157 Å². The van der Waals surface area contributed by atoms with Gasteiger partial charge in [0.2, 0.25) is 0 Å². The normalized spacial score (nSPS) is 39.9. The van der Waals surface area contributed by atoms with Crippen LogP contribution in [0.2, 0.25) is 0 Å². The Bertz CT molecular complexity index is 4610. The molecular formula is C58H60N40O20. The number of rotatable bonds is 0. The Morgan fingerprint density at radius 2 is 0.203 bits per heavy atom. The summed E-state index contributed by atoms with van der Waals surface area (Å²) in [4.78, 5) is 352. The maximum Gasteiger partial charge on any atom is 0.326 e. The van der Waals surface area contributed by atoms with Crippen LogP contribution < -0.4 is 21.3 Å². The number of nitrogens with one attached hydrogen (secondary N) is 4. The third-order valence-electron chi connectivity index (χ3n) is 29.8. The maximum absolute atomic E-state index is 15.7. The molecule has 0 aromatic carbocycles. The zero-order valence-corrected chi connectivity index (χ0v) is 60.5. The first-order valence-corrected chi connectivity index (χ1v) is 38.3. The SMILES string of the molecule is O=C1NC2C3N1CN1C(=O)N4CN5C(=O)N6CN7C(=O)N8CN9C(=O)NC%10C9N9CN%11C(=O)N(CN%12C(=O)N(CN%13C(=O)N(CN3C(=O)N2CN2C(=O)N3CN%14C(=O)N%15CN%16C(=O)N%17CN%18C(=O)N%19CN%20C(=O)N(CN%10C9=O)C9NC(=O)N(CN%10C(=O)N(CN%21C(=O)N(CN%22C(=O)N(CN%23C(=O)NC2C%233)C%14C%22%15)C%16C%21%17)C%18C%10%19)C9%20)C1C4%13)C5C6%12)C7C8%11.